The van der Waals surface area contributed by atoms with Gasteiger partial charge in [-0.1, -0.05) is 19.3 Å². The average molecular weight is 278 g/mol. The first-order chi connectivity index (χ1) is 9.65. The van der Waals surface area contributed by atoms with Crippen LogP contribution in [0, 0.1) is 11.6 Å². The van der Waals surface area contributed by atoms with E-state index in [2.05, 4.69) is 15.2 Å². The van der Waals surface area contributed by atoms with Gasteiger partial charge in [0.05, 0.1) is 11.3 Å². The van der Waals surface area contributed by atoms with Gasteiger partial charge in [-0.2, -0.15) is 5.10 Å². The van der Waals surface area contributed by atoms with Crippen LogP contribution in [0.2, 0.25) is 0 Å². The summed E-state index contributed by atoms with van der Waals surface area (Å²) in [6.45, 7) is 0. The van der Waals surface area contributed by atoms with Crippen molar-refractivity contribution >= 4 is 5.69 Å². The first-order valence-electron chi connectivity index (χ1n) is 6.82. The topological polar surface area (TPSA) is 67.6 Å². The van der Waals surface area contributed by atoms with Crippen LogP contribution in [-0.2, 0) is 0 Å². The molecule has 1 aromatic carbocycles. The van der Waals surface area contributed by atoms with Crippen LogP contribution in [0.15, 0.2) is 12.1 Å². The molecule has 3 N–H and O–H groups in total. The molecule has 6 heteroatoms. The van der Waals surface area contributed by atoms with Gasteiger partial charge in [-0.3, -0.25) is 5.10 Å². The molecule has 0 saturated heterocycles. The third-order valence-electron chi connectivity index (χ3n) is 3.82. The lowest BCUT2D eigenvalue weighted by Gasteiger charge is -2.18. The molecule has 4 nitrogen and oxygen atoms in total. The Morgan fingerprint density at radius 3 is 2.60 bits per heavy atom. The molecule has 1 saturated carbocycles. The van der Waals surface area contributed by atoms with Crippen molar-refractivity contribution in [2.24, 2.45) is 0 Å². The van der Waals surface area contributed by atoms with E-state index in [1.807, 2.05) is 0 Å². The molecule has 1 aliphatic carbocycles. The van der Waals surface area contributed by atoms with Gasteiger partial charge in [0, 0.05) is 12.0 Å². The molecule has 0 atom stereocenters. The van der Waals surface area contributed by atoms with E-state index in [0.717, 1.165) is 24.7 Å². The molecule has 3 rings (SSSR count). The Hall–Kier alpha value is -1.98. The highest BCUT2D eigenvalue weighted by atomic mass is 19.1. The Bertz CT molecular complexity index is 618. The van der Waals surface area contributed by atoms with Crippen molar-refractivity contribution in [3.8, 4) is 11.4 Å². The second-order valence-corrected chi connectivity index (χ2v) is 5.23. The van der Waals surface area contributed by atoms with E-state index in [-0.39, 0.29) is 17.1 Å². The Morgan fingerprint density at radius 1 is 1.10 bits per heavy atom. The molecule has 2 aromatic rings. The fourth-order valence-corrected chi connectivity index (χ4v) is 2.69. The highest BCUT2D eigenvalue weighted by molar-refractivity contribution is 5.62. The summed E-state index contributed by atoms with van der Waals surface area (Å²) in [6, 6.07) is 2.00. The van der Waals surface area contributed by atoms with Crippen LogP contribution < -0.4 is 5.73 Å². The van der Waals surface area contributed by atoms with Crippen LogP contribution in [0.1, 0.15) is 43.8 Å². The number of aromatic amines is 1. The average Bonchev–Trinajstić information content (AvgIpc) is 2.93. The maximum absolute atomic E-state index is 13.8. The molecule has 1 aliphatic rings. The lowest BCUT2D eigenvalue weighted by atomic mass is 9.89. The maximum atomic E-state index is 13.8. The van der Waals surface area contributed by atoms with Crippen LogP contribution in [0.3, 0.4) is 0 Å². The lowest BCUT2D eigenvalue weighted by molar-refractivity contribution is 0.429. The summed E-state index contributed by atoms with van der Waals surface area (Å²) in [6.07, 6.45) is 5.75. The number of aromatic nitrogens is 3. The second-order valence-electron chi connectivity index (χ2n) is 5.23. The third kappa shape index (κ3) is 2.37. The van der Waals surface area contributed by atoms with E-state index >= 15 is 0 Å². The Morgan fingerprint density at radius 2 is 1.85 bits per heavy atom. The number of nitrogens with one attached hydrogen (secondary N) is 1. The summed E-state index contributed by atoms with van der Waals surface area (Å²) in [5.41, 5.74) is 5.49. The van der Waals surface area contributed by atoms with Gasteiger partial charge in [0.15, 0.2) is 5.82 Å². The summed E-state index contributed by atoms with van der Waals surface area (Å²) in [7, 11) is 0. The van der Waals surface area contributed by atoms with Gasteiger partial charge < -0.3 is 5.73 Å². The van der Waals surface area contributed by atoms with E-state index < -0.39 is 11.6 Å². The molecule has 20 heavy (non-hydrogen) atoms. The monoisotopic (exact) mass is 278 g/mol. The molecule has 0 aliphatic heterocycles. The summed E-state index contributed by atoms with van der Waals surface area (Å²) in [5.74, 6) is -0.109. The van der Waals surface area contributed by atoms with Crippen LogP contribution in [-0.4, -0.2) is 15.2 Å². The van der Waals surface area contributed by atoms with Crippen molar-refractivity contribution < 1.29 is 8.78 Å². The van der Waals surface area contributed by atoms with E-state index in [4.69, 9.17) is 5.73 Å². The molecule has 0 bridgehead atoms. The Balaban J connectivity index is 1.91. The quantitative estimate of drug-likeness (QED) is 0.827. The molecular formula is C14H16F2N4. The number of H-pyrrole nitrogens is 1. The number of rotatable bonds is 2. The van der Waals surface area contributed by atoms with E-state index in [1.165, 1.54) is 25.3 Å². The van der Waals surface area contributed by atoms with Gasteiger partial charge in [-0.15, -0.1) is 0 Å². The van der Waals surface area contributed by atoms with E-state index in [1.54, 1.807) is 0 Å². The zero-order valence-corrected chi connectivity index (χ0v) is 11.0. The minimum atomic E-state index is -0.769. The minimum Gasteiger partial charge on any atom is -0.396 e. The smallest absolute Gasteiger partial charge is 0.184 e. The predicted octanol–water partition coefficient (Wildman–Crippen LogP) is 3.38. The fourth-order valence-electron chi connectivity index (χ4n) is 2.69. The Labute approximate surface area is 115 Å². The first kappa shape index (κ1) is 13.0. The fraction of sp³-hybridized carbons (Fsp3) is 0.429. The number of nitrogens with zero attached hydrogens (tertiary/aromatic N) is 2. The predicted molar refractivity (Wildman–Crippen MR) is 72.0 cm³/mol. The van der Waals surface area contributed by atoms with Crippen LogP contribution in [0.5, 0.6) is 0 Å². The summed E-state index contributed by atoms with van der Waals surface area (Å²) < 4.78 is 26.9. The number of benzene rings is 1. The van der Waals surface area contributed by atoms with Gasteiger partial charge in [0.2, 0.25) is 0 Å². The minimum absolute atomic E-state index is 0.106. The van der Waals surface area contributed by atoms with Crippen molar-refractivity contribution in [2.75, 3.05) is 5.73 Å². The number of nitrogen functional groups attached to an aromatic ring is 1. The van der Waals surface area contributed by atoms with E-state index in [9.17, 15) is 8.78 Å². The molecule has 1 fully saturated rings. The molecule has 106 valence electrons. The molecule has 1 heterocycles. The van der Waals surface area contributed by atoms with Crippen LogP contribution >= 0.6 is 0 Å². The third-order valence-corrected chi connectivity index (χ3v) is 3.82. The number of halogens is 2. The van der Waals surface area contributed by atoms with Crippen LogP contribution in [0.4, 0.5) is 14.5 Å². The SMILES string of the molecule is Nc1cc(-c2n[nH]c(C3CCCCC3)n2)c(F)cc1F. The van der Waals surface area contributed by atoms with Crippen molar-refractivity contribution in [1.82, 2.24) is 15.2 Å². The second kappa shape index (κ2) is 5.19. The molecular weight excluding hydrogens is 262 g/mol. The number of hydrogen-bond acceptors (Lipinski definition) is 3. The van der Waals surface area contributed by atoms with Crippen LogP contribution in [0.25, 0.3) is 11.4 Å². The number of nitrogens with two attached hydrogens (primary N) is 1. The molecule has 0 spiro atoms. The molecule has 1 aromatic heterocycles. The number of anilines is 1. The number of hydrogen-bond donors (Lipinski definition) is 2. The summed E-state index contributed by atoms with van der Waals surface area (Å²) in [4.78, 5) is 4.35. The highest BCUT2D eigenvalue weighted by Crippen LogP contribution is 2.32. The van der Waals surface area contributed by atoms with Crippen molar-refractivity contribution in [3.63, 3.8) is 0 Å². The normalized spacial score (nSPS) is 16.5. The van der Waals surface area contributed by atoms with Crippen molar-refractivity contribution in [3.05, 3.63) is 29.6 Å². The highest BCUT2D eigenvalue weighted by Gasteiger charge is 2.21. The largest absolute Gasteiger partial charge is 0.396 e. The standard InChI is InChI=1S/C14H16F2N4/c15-10-7-11(16)12(17)6-9(10)14-18-13(19-20-14)8-4-2-1-3-5-8/h6-8H,1-5,17H2,(H,18,19,20). The van der Waals surface area contributed by atoms with Gasteiger partial charge in [0.25, 0.3) is 0 Å². The van der Waals surface area contributed by atoms with E-state index in [0.29, 0.717) is 5.92 Å². The lowest BCUT2D eigenvalue weighted by Crippen LogP contribution is -2.06. The van der Waals surface area contributed by atoms with Gasteiger partial charge in [0.1, 0.15) is 17.5 Å². The zero-order chi connectivity index (χ0) is 14.1. The first-order valence-corrected chi connectivity index (χ1v) is 6.82. The van der Waals surface area contributed by atoms with Gasteiger partial charge >= 0.3 is 0 Å². The maximum Gasteiger partial charge on any atom is 0.184 e. The molecule has 0 radical (unpaired) electrons. The summed E-state index contributed by atoms with van der Waals surface area (Å²) in [5, 5.41) is 6.91. The zero-order valence-electron chi connectivity index (χ0n) is 11.0. The summed E-state index contributed by atoms with van der Waals surface area (Å²) >= 11 is 0. The van der Waals surface area contributed by atoms with Crippen molar-refractivity contribution in [2.45, 2.75) is 38.0 Å². The van der Waals surface area contributed by atoms with Gasteiger partial charge in [-0.25, -0.2) is 13.8 Å². The van der Waals surface area contributed by atoms with Crippen molar-refractivity contribution in [1.29, 1.82) is 0 Å². The Kier molecular flexibility index (Phi) is 3.38. The van der Waals surface area contributed by atoms with Gasteiger partial charge in [-0.05, 0) is 18.9 Å². The molecule has 0 amide bonds. The molecule has 0 unspecified atom stereocenters.